The lowest BCUT2D eigenvalue weighted by molar-refractivity contribution is 0.461. The zero-order valence-electron chi connectivity index (χ0n) is 14.7. The zero-order valence-corrected chi connectivity index (χ0v) is 17.1. The van der Waals surface area contributed by atoms with E-state index >= 15 is 0 Å². The molecule has 0 amide bonds. The molecule has 3 rings (SSSR count). The van der Waals surface area contributed by atoms with Gasteiger partial charge in [0.1, 0.15) is 11.6 Å². The van der Waals surface area contributed by atoms with E-state index in [1.54, 1.807) is 24.4 Å². The molecule has 0 bridgehead atoms. The Kier molecular flexibility index (Phi) is 7.54. The van der Waals surface area contributed by atoms with E-state index in [1.807, 2.05) is 37.3 Å². The Morgan fingerprint density at radius 3 is 2.59 bits per heavy atom. The van der Waals surface area contributed by atoms with Crippen LogP contribution in [0.1, 0.15) is 11.1 Å². The summed E-state index contributed by atoms with van der Waals surface area (Å²) in [5, 5.41) is 3.05. The number of aliphatic imine (C=N–C) groups is 1. The Labute approximate surface area is 174 Å². The summed E-state index contributed by atoms with van der Waals surface area (Å²) in [5.74, 6) is 0.976. The Balaban J connectivity index is 0.00000261. The molecule has 2 aromatic carbocycles. The highest BCUT2D eigenvalue weighted by Crippen LogP contribution is 2.19. The first-order valence-corrected chi connectivity index (χ1v) is 8.10. The summed E-state index contributed by atoms with van der Waals surface area (Å²) < 4.78 is 18.4. The van der Waals surface area contributed by atoms with Crippen LogP contribution in [-0.2, 0) is 6.54 Å². The van der Waals surface area contributed by atoms with Crippen LogP contribution in [0.2, 0.25) is 0 Å². The van der Waals surface area contributed by atoms with Gasteiger partial charge < -0.3 is 15.8 Å². The van der Waals surface area contributed by atoms with Crippen LogP contribution in [0.3, 0.4) is 0 Å². The summed E-state index contributed by atoms with van der Waals surface area (Å²) >= 11 is 0. The van der Waals surface area contributed by atoms with Crippen molar-refractivity contribution >= 4 is 35.6 Å². The van der Waals surface area contributed by atoms with Crippen LogP contribution >= 0.6 is 24.0 Å². The average Bonchev–Trinajstić information content (AvgIpc) is 2.63. The summed E-state index contributed by atoms with van der Waals surface area (Å²) in [6, 6.07) is 17.2. The number of nitrogens with zero attached hydrogens (tertiary/aromatic N) is 2. The molecular formula is C20H20FIN4O. The quantitative estimate of drug-likeness (QED) is 0.312. The summed E-state index contributed by atoms with van der Waals surface area (Å²) in [7, 11) is 0. The van der Waals surface area contributed by atoms with Crippen molar-refractivity contribution in [3.05, 3.63) is 83.8 Å². The molecular weight excluding hydrogens is 458 g/mol. The molecule has 0 saturated carbocycles. The van der Waals surface area contributed by atoms with E-state index in [4.69, 9.17) is 10.5 Å². The van der Waals surface area contributed by atoms with Crippen molar-refractivity contribution in [3.63, 3.8) is 0 Å². The Morgan fingerprint density at radius 2 is 1.93 bits per heavy atom. The van der Waals surface area contributed by atoms with Gasteiger partial charge in [-0.2, -0.15) is 0 Å². The van der Waals surface area contributed by atoms with Crippen LogP contribution in [0.15, 0.2) is 71.9 Å². The third-order valence-corrected chi connectivity index (χ3v) is 3.56. The number of rotatable bonds is 5. The van der Waals surface area contributed by atoms with Gasteiger partial charge in [0, 0.05) is 18.0 Å². The molecule has 0 aliphatic heterocycles. The number of anilines is 1. The van der Waals surface area contributed by atoms with Crippen LogP contribution in [0.4, 0.5) is 10.1 Å². The molecule has 1 heterocycles. The molecule has 0 spiro atoms. The number of guanidine groups is 1. The fraction of sp³-hybridized carbons (Fsp3) is 0.100. The van der Waals surface area contributed by atoms with Crippen molar-refractivity contribution in [2.45, 2.75) is 13.5 Å². The normalized spacial score (nSPS) is 10.8. The largest absolute Gasteiger partial charge is 0.439 e. The van der Waals surface area contributed by atoms with Crippen molar-refractivity contribution in [3.8, 4) is 11.6 Å². The molecule has 0 aliphatic carbocycles. The number of hydrogen-bond acceptors (Lipinski definition) is 3. The van der Waals surface area contributed by atoms with E-state index in [-0.39, 0.29) is 29.8 Å². The monoisotopic (exact) mass is 478 g/mol. The Hall–Kier alpha value is -2.68. The van der Waals surface area contributed by atoms with Crippen LogP contribution in [-0.4, -0.2) is 10.9 Å². The van der Waals surface area contributed by atoms with Crippen molar-refractivity contribution < 1.29 is 9.13 Å². The number of nitrogens with one attached hydrogen (secondary N) is 1. The number of ether oxygens (including phenoxy) is 1. The highest BCUT2D eigenvalue weighted by atomic mass is 127. The third-order valence-electron chi connectivity index (χ3n) is 3.56. The van der Waals surface area contributed by atoms with E-state index in [9.17, 15) is 4.39 Å². The smallest absolute Gasteiger partial charge is 0.219 e. The van der Waals surface area contributed by atoms with Crippen molar-refractivity contribution in [2.75, 3.05) is 5.32 Å². The minimum absolute atomic E-state index is 0. The molecule has 3 N–H and O–H groups in total. The molecule has 0 unspecified atom stereocenters. The van der Waals surface area contributed by atoms with Gasteiger partial charge >= 0.3 is 0 Å². The molecule has 0 radical (unpaired) electrons. The lowest BCUT2D eigenvalue weighted by Gasteiger charge is -2.07. The van der Waals surface area contributed by atoms with Gasteiger partial charge in [0.25, 0.3) is 0 Å². The van der Waals surface area contributed by atoms with Gasteiger partial charge in [0.05, 0.1) is 6.54 Å². The molecule has 7 heteroatoms. The highest BCUT2D eigenvalue weighted by molar-refractivity contribution is 14.0. The molecule has 27 heavy (non-hydrogen) atoms. The first-order chi connectivity index (χ1) is 12.6. The number of halogens is 2. The van der Waals surface area contributed by atoms with Gasteiger partial charge in [0.2, 0.25) is 5.88 Å². The number of hydrogen-bond donors (Lipinski definition) is 2. The van der Waals surface area contributed by atoms with E-state index in [0.29, 0.717) is 24.1 Å². The minimum atomic E-state index is -0.310. The number of aromatic nitrogens is 1. The van der Waals surface area contributed by atoms with Gasteiger partial charge in [-0.25, -0.2) is 14.4 Å². The predicted molar refractivity (Wildman–Crippen MR) is 116 cm³/mol. The van der Waals surface area contributed by atoms with Crippen LogP contribution in [0.25, 0.3) is 0 Å². The molecule has 0 fully saturated rings. The maximum Gasteiger partial charge on any atom is 0.219 e. The Bertz CT molecular complexity index is 899. The fourth-order valence-electron chi connectivity index (χ4n) is 2.27. The molecule has 1 aromatic heterocycles. The second-order valence-electron chi connectivity index (χ2n) is 5.76. The SMILES string of the molecule is Cc1cccc(NC(N)=NCc2ccc(Oc3ccc(F)cc3)nc2)c1.I. The van der Waals surface area contributed by atoms with Crippen LogP contribution in [0, 0.1) is 12.7 Å². The summed E-state index contributed by atoms with van der Waals surface area (Å²) in [5.41, 5.74) is 8.84. The third kappa shape index (κ3) is 6.52. The second-order valence-corrected chi connectivity index (χ2v) is 5.76. The number of benzene rings is 2. The lowest BCUT2D eigenvalue weighted by Crippen LogP contribution is -2.22. The molecule has 0 atom stereocenters. The minimum Gasteiger partial charge on any atom is -0.439 e. The predicted octanol–water partition coefficient (Wildman–Crippen LogP) is 4.87. The van der Waals surface area contributed by atoms with E-state index in [1.165, 1.54) is 12.1 Å². The van der Waals surface area contributed by atoms with Gasteiger partial charge in [0.15, 0.2) is 5.96 Å². The Morgan fingerprint density at radius 1 is 1.15 bits per heavy atom. The van der Waals surface area contributed by atoms with Crippen LogP contribution in [0.5, 0.6) is 11.6 Å². The molecule has 5 nitrogen and oxygen atoms in total. The maximum absolute atomic E-state index is 12.9. The van der Waals surface area contributed by atoms with Gasteiger partial charge in [-0.3, -0.25) is 0 Å². The van der Waals surface area contributed by atoms with Gasteiger partial charge in [-0.15, -0.1) is 24.0 Å². The maximum atomic E-state index is 12.9. The van der Waals surface area contributed by atoms with Crippen molar-refractivity contribution in [2.24, 2.45) is 10.7 Å². The van der Waals surface area contributed by atoms with Gasteiger partial charge in [-0.05, 0) is 54.4 Å². The topological polar surface area (TPSA) is 72.5 Å². The van der Waals surface area contributed by atoms with Crippen LogP contribution < -0.4 is 15.8 Å². The average molecular weight is 478 g/mol. The van der Waals surface area contributed by atoms with Crippen molar-refractivity contribution in [1.82, 2.24) is 4.98 Å². The second kappa shape index (κ2) is 9.86. The molecule has 140 valence electrons. The summed E-state index contributed by atoms with van der Waals surface area (Å²) in [6.45, 7) is 2.41. The molecule has 3 aromatic rings. The number of pyridine rings is 1. The summed E-state index contributed by atoms with van der Waals surface area (Å²) in [4.78, 5) is 8.53. The standard InChI is InChI=1S/C20H19FN4O.HI/c1-14-3-2-4-17(11-14)25-20(22)24-13-15-5-10-19(23-12-15)26-18-8-6-16(21)7-9-18;/h2-12H,13H2,1H3,(H3,22,24,25);1H. The molecule has 0 aliphatic rings. The highest BCUT2D eigenvalue weighted by Gasteiger charge is 2.01. The van der Waals surface area contributed by atoms with E-state index in [2.05, 4.69) is 15.3 Å². The molecule has 0 saturated heterocycles. The lowest BCUT2D eigenvalue weighted by atomic mass is 10.2. The van der Waals surface area contributed by atoms with Crippen molar-refractivity contribution in [1.29, 1.82) is 0 Å². The zero-order chi connectivity index (χ0) is 18.4. The first kappa shape index (κ1) is 20.6. The number of nitrogens with two attached hydrogens (primary N) is 1. The number of aryl methyl sites for hydroxylation is 1. The first-order valence-electron chi connectivity index (χ1n) is 8.10. The fourth-order valence-corrected chi connectivity index (χ4v) is 2.27. The van der Waals surface area contributed by atoms with E-state index in [0.717, 1.165) is 16.8 Å². The van der Waals surface area contributed by atoms with E-state index < -0.39 is 0 Å². The summed E-state index contributed by atoms with van der Waals surface area (Å²) in [6.07, 6.45) is 1.67. The van der Waals surface area contributed by atoms with Gasteiger partial charge in [-0.1, -0.05) is 18.2 Å².